The maximum Gasteiger partial charge on any atom is 0.255 e. The molecule has 0 aliphatic carbocycles. The number of benzene rings is 2. The van der Waals surface area contributed by atoms with Crippen LogP contribution < -0.4 is 19.9 Å². The van der Waals surface area contributed by atoms with Gasteiger partial charge in [0.2, 0.25) is 0 Å². The normalized spacial score (nSPS) is 16.3. The van der Waals surface area contributed by atoms with Crippen LogP contribution >= 0.6 is 0 Å². The molecule has 2 aliphatic rings. The van der Waals surface area contributed by atoms with Gasteiger partial charge in [-0.1, -0.05) is 30.3 Å². The molecule has 4 rings (SSSR count). The highest BCUT2D eigenvalue weighted by atomic mass is 16.5. The first-order valence-electron chi connectivity index (χ1n) is 9.89. The predicted molar refractivity (Wildman–Crippen MR) is 111 cm³/mol. The highest BCUT2D eigenvalue weighted by Crippen LogP contribution is 2.38. The van der Waals surface area contributed by atoms with Crippen molar-refractivity contribution < 1.29 is 14.3 Å². The zero-order valence-corrected chi connectivity index (χ0v) is 16.3. The average Bonchev–Trinajstić information content (AvgIpc) is 2.75. The van der Waals surface area contributed by atoms with Crippen molar-refractivity contribution in [2.24, 2.45) is 0 Å². The molecular weight excluding hydrogens is 354 g/mol. The number of rotatable bonds is 5. The van der Waals surface area contributed by atoms with Crippen molar-refractivity contribution in [3.8, 4) is 5.75 Å². The first-order chi connectivity index (χ1) is 13.7. The first-order valence-corrected chi connectivity index (χ1v) is 9.89. The maximum atomic E-state index is 13.0. The molecule has 2 heterocycles. The first kappa shape index (κ1) is 18.6. The molecule has 1 fully saturated rings. The molecule has 1 N–H and O–H groups in total. The Kier molecular flexibility index (Phi) is 5.67. The van der Waals surface area contributed by atoms with E-state index in [-0.39, 0.29) is 5.91 Å². The maximum absolute atomic E-state index is 13.0. The molecule has 2 aromatic carbocycles. The van der Waals surface area contributed by atoms with Crippen molar-refractivity contribution in [1.82, 2.24) is 5.32 Å². The smallest absolute Gasteiger partial charge is 0.255 e. The van der Waals surface area contributed by atoms with Crippen LogP contribution in [0.3, 0.4) is 0 Å². The van der Waals surface area contributed by atoms with E-state index in [1.807, 2.05) is 31.3 Å². The highest BCUT2D eigenvalue weighted by Gasteiger charge is 2.25. The zero-order valence-electron chi connectivity index (χ0n) is 16.3. The summed E-state index contributed by atoms with van der Waals surface area (Å²) in [5.41, 5.74) is 3.84. The molecule has 6 heteroatoms. The van der Waals surface area contributed by atoms with E-state index in [4.69, 9.17) is 9.47 Å². The Morgan fingerprint density at radius 3 is 2.64 bits per heavy atom. The number of ether oxygens (including phenoxy) is 2. The Bertz CT molecular complexity index is 819. The van der Waals surface area contributed by atoms with Gasteiger partial charge in [-0.05, 0) is 24.1 Å². The summed E-state index contributed by atoms with van der Waals surface area (Å²) in [4.78, 5) is 17.4. The quantitative estimate of drug-likeness (QED) is 0.862. The molecule has 0 radical (unpaired) electrons. The summed E-state index contributed by atoms with van der Waals surface area (Å²) in [5, 5.41) is 3.06. The Morgan fingerprint density at radius 2 is 1.86 bits per heavy atom. The van der Waals surface area contributed by atoms with E-state index in [1.165, 1.54) is 5.56 Å². The molecule has 2 aromatic rings. The van der Waals surface area contributed by atoms with Crippen molar-refractivity contribution in [3.63, 3.8) is 0 Å². The van der Waals surface area contributed by atoms with Crippen LogP contribution in [0.1, 0.15) is 15.9 Å². The lowest BCUT2D eigenvalue weighted by Crippen LogP contribution is -2.37. The van der Waals surface area contributed by atoms with Gasteiger partial charge in [0.1, 0.15) is 6.61 Å². The van der Waals surface area contributed by atoms with E-state index < -0.39 is 0 Å². The minimum absolute atomic E-state index is 0.0856. The minimum Gasteiger partial charge on any atom is -0.489 e. The van der Waals surface area contributed by atoms with Crippen LogP contribution in [0.25, 0.3) is 0 Å². The van der Waals surface area contributed by atoms with E-state index in [0.717, 1.165) is 37.4 Å². The van der Waals surface area contributed by atoms with Crippen LogP contribution in [0.4, 0.5) is 11.4 Å². The minimum atomic E-state index is -0.0856. The highest BCUT2D eigenvalue weighted by molar-refractivity contribution is 6.00. The Hall–Kier alpha value is -2.73. The molecule has 2 aliphatic heterocycles. The van der Waals surface area contributed by atoms with Gasteiger partial charge in [-0.3, -0.25) is 4.79 Å². The van der Waals surface area contributed by atoms with Gasteiger partial charge in [0.05, 0.1) is 31.0 Å². The molecule has 0 atom stereocenters. The van der Waals surface area contributed by atoms with Crippen molar-refractivity contribution in [1.29, 1.82) is 0 Å². The third-order valence-corrected chi connectivity index (χ3v) is 5.30. The molecule has 28 heavy (non-hydrogen) atoms. The SMILES string of the molecule is CN1CCOc2c(C(=O)NCCc3ccccc3)cc(N3CCOCC3)cc21. The molecule has 1 amide bonds. The molecule has 0 saturated carbocycles. The number of amides is 1. The van der Waals surface area contributed by atoms with Gasteiger partial charge >= 0.3 is 0 Å². The summed E-state index contributed by atoms with van der Waals surface area (Å²) in [6.07, 6.45) is 0.804. The van der Waals surface area contributed by atoms with Gasteiger partial charge in [0, 0.05) is 32.4 Å². The summed E-state index contributed by atoms with van der Waals surface area (Å²) in [7, 11) is 2.04. The summed E-state index contributed by atoms with van der Waals surface area (Å²) in [5.74, 6) is 0.598. The van der Waals surface area contributed by atoms with E-state index in [0.29, 0.717) is 37.7 Å². The number of morpholine rings is 1. The van der Waals surface area contributed by atoms with Crippen molar-refractivity contribution >= 4 is 17.3 Å². The average molecular weight is 381 g/mol. The van der Waals surface area contributed by atoms with Gasteiger partial charge in [-0.15, -0.1) is 0 Å². The van der Waals surface area contributed by atoms with Gasteiger partial charge in [0.25, 0.3) is 5.91 Å². The molecule has 0 aromatic heterocycles. The second kappa shape index (κ2) is 8.52. The molecule has 148 valence electrons. The van der Waals surface area contributed by atoms with Crippen LogP contribution in [0, 0.1) is 0 Å². The Balaban J connectivity index is 1.55. The van der Waals surface area contributed by atoms with Crippen LogP contribution in [0.5, 0.6) is 5.75 Å². The van der Waals surface area contributed by atoms with E-state index in [2.05, 4.69) is 33.3 Å². The van der Waals surface area contributed by atoms with Gasteiger partial charge < -0.3 is 24.6 Å². The molecule has 0 spiro atoms. The molecule has 0 unspecified atom stereocenters. The summed E-state index contributed by atoms with van der Waals surface area (Å²) >= 11 is 0. The van der Waals surface area contributed by atoms with Crippen LogP contribution in [-0.4, -0.2) is 59.0 Å². The van der Waals surface area contributed by atoms with E-state index in [9.17, 15) is 4.79 Å². The number of carbonyl (C=O) groups excluding carboxylic acids is 1. The van der Waals surface area contributed by atoms with Crippen LogP contribution in [0.15, 0.2) is 42.5 Å². The number of nitrogens with one attached hydrogen (secondary N) is 1. The van der Waals surface area contributed by atoms with Gasteiger partial charge in [-0.2, -0.15) is 0 Å². The lowest BCUT2D eigenvalue weighted by molar-refractivity contribution is 0.0950. The fourth-order valence-corrected chi connectivity index (χ4v) is 3.67. The topological polar surface area (TPSA) is 54.0 Å². The number of nitrogens with zero attached hydrogens (tertiary/aromatic N) is 2. The molecular formula is C22H27N3O3. The standard InChI is InChI=1S/C22H27N3O3/c1-24-9-14-28-21-19(22(26)23-8-7-17-5-3-2-4-6-17)15-18(16-20(21)24)25-10-12-27-13-11-25/h2-6,15-16H,7-14H2,1H3,(H,23,26). The van der Waals surface area contributed by atoms with E-state index in [1.54, 1.807) is 0 Å². The summed E-state index contributed by atoms with van der Waals surface area (Å²) in [6.45, 7) is 5.08. The monoisotopic (exact) mass is 381 g/mol. The summed E-state index contributed by atoms with van der Waals surface area (Å²) in [6, 6.07) is 14.3. The van der Waals surface area contributed by atoms with Gasteiger partial charge in [0.15, 0.2) is 5.75 Å². The second-order valence-electron chi connectivity index (χ2n) is 7.20. The van der Waals surface area contributed by atoms with Crippen LogP contribution in [-0.2, 0) is 11.2 Å². The third kappa shape index (κ3) is 4.07. The van der Waals surface area contributed by atoms with E-state index >= 15 is 0 Å². The number of hydrogen-bond acceptors (Lipinski definition) is 5. The molecule has 6 nitrogen and oxygen atoms in total. The number of anilines is 2. The zero-order chi connectivity index (χ0) is 19.3. The lowest BCUT2D eigenvalue weighted by Gasteiger charge is -2.33. The number of likely N-dealkylation sites (N-methyl/N-ethyl adjacent to an activating group) is 1. The number of carbonyl (C=O) groups is 1. The van der Waals surface area contributed by atoms with Crippen LogP contribution in [0.2, 0.25) is 0 Å². The van der Waals surface area contributed by atoms with Crippen molar-refractivity contribution in [2.75, 3.05) is 62.8 Å². The van der Waals surface area contributed by atoms with Crippen molar-refractivity contribution in [2.45, 2.75) is 6.42 Å². The predicted octanol–water partition coefficient (Wildman–Crippen LogP) is 2.32. The lowest BCUT2D eigenvalue weighted by atomic mass is 10.1. The third-order valence-electron chi connectivity index (χ3n) is 5.30. The Morgan fingerprint density at radius 1 is 1.07 bits per heavy atom. The van der Waals surface area contributed by atoms with Crippen molar-refractivity contribution in [3.05, 3.63) is 53.6 Å². The largest absolute Gasteiger partial charge is 0.489 e. The molecule has 1 saturated heterocycles. The fraction of sp³-hybridized carbons (Fsp3) is 0.409. The Labute approximate surface area is 166 Å². The number of hydrogen-bond donors (Lipinski definition) is 1. The fourth-order valence-electron chi connectivity index (χ4n) is 3.67. The number of fused-ring (bicyclic) bond motifs is 1. The summed E-state index contributed by atoms with van der Waals surface area (Å²) < 4.78 is 11.4. The molecule has 0 bridgehead atoms. The van der Waals surface area contributed by atoms with Gasteiger partial charge in [-0.25, -0.2) is 0 Å². The second-order valence-corrected chi connectivity index (χ2v) is 7.20.